The van der Waals surface area contributed by atoms with Crippen molar-refractivity contribution in [3.05, 3.63) is 74.9 Å². The predicted octanol–water partition coefficient (Wildman–Crippen LogP) is 4.50. The number of amides is 2. The first-order valence-electron chi connectivity index (χ1n) is 7.77. The van der Waals surface area contributed by atoms with Gasteiger partial charge in [-0.15, -0.1) is 0 Å². The molecule has 2 amide bonds. The molecule has 1 saturated heterocycles. The summed E-state index contributed by atoms with van der Waals surface area (Å²) < 4.78 is 18.6. The van der Waals surface area contributed by atoms with Crippen molar-refractivity contribution in [2.24, 2.45) is 0 Å². The minimum Gasteiger partial charge on any atom is -0.465 e. The fourth-order valence-electron chi connectivity index (χ4n) is 2.46. The first-order chi connectivity index (χ1) is 12.9. The summed E-state index contributed by atoms with van der Waals surface area (Å²) in [6, 6.07) is 10.5. The molecule has 0 aliphatic carbocycles. The largest absolute Gasteiger partial charge is 0.465 e. The molecule has 2 aromatic rings. The molecule has 1 aliphatic rings. The average molecular weight is 406 g/mol. The van der Waals surface area contributed by atoms with Crippen molar-refractivity contribution in [2.75, 3.05) is 7.11 Å². The molecule has 5 nitrogen and oxygen atoms in total. The zero-order valence-corrected chi connectivity index (χ0v) is 15.6. The van der Waals surface area contributed by atoms with Crippen LogP contribution in [0.1, 0.15) is 21.5 Å². The Labute approximate surface area is 163 Å². The van der Waals surface area contributed by atoms with E-state index in [-0.39, 0.29) is 22.0 Å². The highest BCUT2D eigenvalue weighted by molar-refractivity contribution is 8.18. The van der Waals surface area contributed by atoms with Gasteiger partial charge in [0, 0.05) is 10.6 Å². The summed E-state index contributed by atoms with van der Waals surface area (Å²) in [6.45, 7) is -0.241. The molecule has 1 aliphatic heterocycles. The molecule has 3 rings (SSSR count). The van der Waals surface area contributed by atoms with Gasteiger partial charge in [-0.3, -0.25) is 14.5 Å². The first-order valence-corrected chi connectivity index (χ1v) is 8.97. The lowest BCUT2D eigenvalue weighted by molar-refractivity contribution is -0.123. The lowest BCUT2D eigenvalue weighted by Crippen LogP contribution is -2.28. The maximum absolute atomic E-state index is 13.9. The van der Waals surface area contributed by atoms with Crippen LogP contribution in [0.3, 0.4) is 0 Å². The van der Waals surface area contributed by atoms with Crippen LogP contribution in [-0.2, 0) is 16.1 Å². The van der Waals surface area contributed by atoms with E-state index in [1.807, 2.05) is 0 Å². The number of benzene rings is 2. The lowest BCUT2D eigenvalue weighted by atomic mass is 10.1. The number of rotatable bonds is 4. The number of esters is 1. The van der Waals surface area contributed by atoms with Crippen molar-refractivity contribution in [2.45, 2.75) is 6.54 Å². The molecular weight excluding hydrogens is 393 g/mol. The fourth-order valence-corrected chi connectivity index (χ4v) is 3.52. The summed E-state index contributed by atoms with van der Waals surface area (Å²) in [6.07, 6.45) is 1.54. The molecule has 27 heavy (non-hydrogen) atoms. The van der Waals surface area contributed by atoms with E-state index >= 15 is 0 Å². The van der Waals surface area contributed by atoms with E-state index in [2.05, 4.69) is 4.74 Å². The molecule has 1 heterocycles. The maximum atomic E-state index is 13.9. The summed E-state index contributed by atoms with van der Waals surface area (Å²) in [5.41, 5.74) is 1.10. The summed E-state index contributed by atoms with van der Waals surface area (Å²) in [7, 11) is 1.29. The van der Waals surface area contributed by atoms with E-state index in [0.717, 1.165) is 16.7 Å². The molecule has 0 bridgehead atoms. The van der Waals surface area contributed by atoms with Crippen LogP contribution in [0.5, 0.6) is 0 Å². The number of halogens is 2. The van der Waals surface area contributed by atoms with Gasteiger partial charge in [-0.2, -0.15) is 0 Å². The van der Waals surface area contributed by atoms with E-state index in [9.17, 15) is 18.8 Å². The Balaban J connectivity index is 1.81. The predicted molar refractivity (Wildman–Crippen MR) is 101 cm³/mol. The maximum Gasteiger partial charge on any atom is 0.337 e. The molecule has 0 N–H and O–H groups in total. The van der Waals surface area contributed by atoms with Gasteiger partial charge in [-0.05, 0) is 47.7 Å². The SMILES string of the molecule is COC(=O)c1ccc(/C=C2/SC(=O)N(Cc3c(F)cccc3Cl)C2=O)cc1. The van der Waals surface area contributed by atoms with E-state index in [1.54, 1.807) is 24.3 Å². The molecule has 0 spiro atoms. The monoisotopic (exact) mass is 405 g/mol. The van der Waals surface area contributed by atoms with Gasteiger partial charge in [0.15, 0.2) is 0 Å². The fraction of sp³-hybridized carbons (Fsp3) is 0.105. The summed E-state index contributed by atoms with van der Waals surface area (Å²) in [5.74, 6) is -1.58. The topological polar surface area (TPSA) is 63.7 Å². The molecule has 1 fully saturated rings. The normalized spacial score (nSPS) is 15.5. The molecule has 0 saturated carbocycles. The molecule has 0 aromatic heterocycles. The lowest BCUT2D eigenvalue weighted by Gasteiger charge is -2.14. The highest BCUT2D eigenvalue weighted by Crippen LogP contribution is 2.34. The van der Waals surface area contributed by atoms with Gasteiger partial charge >= 0.3 is 5.97 Å². The first kappa shape index (κ1) is 19.1. The third-order valence-corrected chi connectivity index (χ3v) is 5.14. The number of hydrogen-bond donors (Lipinski definition) is 0. The van der Waals surface area contributed by atoms with Crippen LogP contribution in [0.15, 0.2) is 47.4 Å². The van der Waals surface area contributed by atoms with E-state index in [4.69, 9.17) is 11.6 Å². The standard InChI is InChI=1S/C19H13ClFNO4S/c1-26-18(24)12-7-5-11(6-8-12)9-16-17(23)22(19(25)27-16)10-13-14(20)3-2-4-15(13)21/h2-9H,10H2,1H3/b16-9+. The minimum absolute atomic E-state index is 0.0881. The highest BCUT2D eigenvalue weighted by Gasteiger charge is 2.35. The number of hydrogen-bond acceptors (Lipinski definition) is 5. The number of thioether (sulfide) groups is 1. The smallest absolute Gasteiger partial charge is 0.337 e. The average Bonchev–Trinajstić information content (AvgIpc) is 2.91. The van der Waals surface area contributed by atoms with Crippen LogP contribution in [0.4, 0.5) is 9.18 Å². The zero-order valence-electron chi connectivity index (χ0n) is 14.1. The highest BCUT2D eigenvalue weighted by atomic mass is 35.5. The number of nitrogens with zero attached hydrogens (tertiary/aromatic N) is 1. The van der Waals surface area contributed by atoms with Crippen LogP contribution in [-0.4, -0.2) is 29.1 Å². The minimum atomic E-state index is -0.580. The second-order valence-electron chi connectivity index (χ2n) is 5.58. The van der Waals surface area contributed by atoms with Gasteiger partial charge in [0.2, 0.25) is 0 Å². The number of imide groups is 1. The van der Waals surface area contributed by atoms with Crippen molar-refractivity contribution < 1.29 is 23.5 Å². The molecular formula is C19H13ClFNO4S. The number of carbonyl (C=O) groups is 3. The Kier molecular flexibility index (Phi) is 5.62. The Morgan fingerprint density at radius 1 is 1.22 bits per heavy atom. The molecule has 0 unspecified atom stereocenters. The Bertz CT molecular complexity index is 938. The van der Waals surface area contributed by atoms with Crippen molar-refractivity contribution >= 4 is 46.6 Å². The van der Waals surface area contributed by atoms with Gasteiger partial charge in [-0.25, -0.2) is 9.18 Å². The van der Waals surface area contributed by atoms with Crippen molar-refractivity contribution in [1.29, 1.82) is 0 Å². The molecule has 8 heteroatoms. The number of carbonyl (C=O) groups excluding carboxylic acids is 3. The van der Waals surface area contributed by atoms with Gasteiger partial charge < -0.3 is 4.74 Å². The molecule has 0 atom stereocenters. The number of methoxy groups -OCH3 is 1. The Hall–Kier alpha value is -2.64. The zero-order chi connectivity index (χ0) is 19.6. The van der Waals surface area contributed by atoms with Gasteiger partial charge in [0.1, 0.15) is 5.82 Å². The van der Waals surface area contributed by atoms with Crippen molar-refractivity contribution in [1.82, 2.24) is 4.90 Å². The number of ether oxygens (including phenoxy) is 1. The third kappa shape index (κ3) is 4.04. The quantitative estimate of drug-likeness (QED) is 0.553. The molecule has 138 valence electrons. The van der Waals surface area contributed by atoms with E-state index in [1.165, 1.54) is 31.4 Å². The van der Waals surface area contributed by atoms with E-state index < -0.39 is 22.9 Å². The van der Waals surface area contributed by atoms with Crippen LogP contribution in [0, 0.1) is 5.82 Å². The summed E-state index contributed by atoms with van der Waals surface area (Å²) in [5, 5.41) is -0.354. The van der Waals surface area contributed by atoms with Crippen molar-refractivity contribution in [3.8, 4) is 0 Å². The summed E-state index contributed by atoms with van der Waals surface area (Å²) >= 11 is 6.74. The molecule has 2 aromatic carbocycles. The van der Waals surface area contributed by atoms with Crippen LogP contribution >= 0.6 is 23.4 Å². The van der Waals surface area contributed by atoms with E-state index in [0.29, 0.717) is 11.1 Å². The second kappa shape index (κ2) is 7.94. The third-order valence-electron chi connectivity index (χ3n) is 3.88. The van der Waals surface area contributed by atoms with Gasteiger partial charge in [-0.1, -0.05) is 29.8 Å². The Morgan fingerprint density at radius 2 is 1.93 bits per heavy atom. The van der Waals surface area contributed by atoms with Crippen LogP contribution < -0.4 is 0 Å². The van der Waals surface area contributed by atoms with Gasteiger partial charge in [0.05, 0.1) is 24.1 Å². The molecule has 0 radical (unpaired) electrons. The Morgan fingerprint density at radius 3 is 2.56 bits per heavy atom. The van der Waals surface area contributed by atoms with Crippen molar-refractivity contribution in [3.63, 3.8) is 0 Å². The van der Waals surface area contributed by atoms with Crippen LogP contribution in [0.25, 0.3) is 6.08 Å². The van der Waals surface area contributed by atoms with Gasteiger partial charge in [0.25, 0.3) is 11.1 Å². The summed E-state index contributed by atoms with van der Waals surface area (Å²) in [4.78, 5) is 37.3. The second-order valence-corrected chi connectivity index (χ2v) is 6.98. The van der Waals surface area contributed by atoms with Crippen LogP contribution in [0.2, 0.25) is 5.02 Å².